The van der Waals surface area contributed by atoms with Crippen LogP contribution >= 0.6 is 0 Å². The van der Waals surface area contributed by atoms with E-state index >= 15 is 0 Å². The summed E-state index contributed by atoms with van der Waals surface area (Å²) in [5, 5.41) is 3.53. The van der Waals surface area contributed by atoms with Gasteiger partial charge in [0.1, 0.15) is 0 Å². The first kappa shape index (κ1) is 10.6. The molecule has 1 aliphatic heterocycles. The topological polar surface area (TPSA) is 28.2 Å². The number of hydrogen-bond donors (Lipinski definition) is 1. The summed E-state index contributed by atoms with van der Waals surface area (Å²) in [4.78, 5) is 6.65. The van der Waals surface area contributed by atoms with Crippen molar-refractivity contribution in [3.63, 3.8) is 0 Å². The van der Waals surface area contributed by atoms with Crippen LogP contribution in [0.5, 0.6) is 0 Å². The van der Waals surface area contributed by atoms with Crippen LogP contribution in [-0.2, 0) is 6.54 Å². The van der Waals surface area contributed by atoms with Gasteiger partial charge in [-0.1, -0.05) is 13.0 Å². The smallest absolute Gasteiger partial charge is 0.0312 e. The van der Waals surface area contributed by atoms with Crippen LogP contribution in [0.3, 0.4) is 0 Å². The van der Waals surface area contributed by atoms with E-state index in [0.29, 0.717) is 6.04 Å². The van der Waals surface area contributed by atoms with Crippen molar-refractivity contribution in [3.8, 4) is 0 Å². The number of aromatic nitrogens is 1. The molecule has 2 heterocycles. The summed E-state index contributed by atoms with van der Waals surface area (Å²) in [6.45, 7) is 6.69. The molecule has 1 aliphatic rings. The molecule has 1 aromatic rings. The van der Waals surface area contributed by atoms with Gasteiger partial charge in [0.15, 0.2) is 0 Å². The third kappa shape index (κ3) is 3.01. The van der Waals surface area contributed by atoms with Crippen LogP contribution in [0, 0.1) is 0 Å². The average Bonchev–Trinajstić information content (AvgIpc) is 2.31. The summed E-state index contributed by atoms with van der Waals surface area (Å²) in [6, 6.07) is 4.82. The first-order valence-electron chi connectivity index (χ1n) is 5.73. The molecule has 0 radical (unpaired) electrons. The van der Waals surface area contributed by atoms with Crippen LogP contribution in [0.2, 0.25) is 0 Å². The fourth-order valence-corrected chi connectivity index (χ4v) is 2.06. The highest BCUT2D eigenvalue weighted by Crippen LogP contribution is 2.07. The zero-order valence-corrected chi connectivity index (χ0v) is 9.32. The second-order valence-corrected chi connectivity index (χ2v) is 4.16. The number of nitrogens with zero attached hydrogens (tertiary/aromatic N) is 2. The quantitative estimate of drug-likeness (QED) is 0.805. The standard InChI is InChI=1S/C12H19N3/c1-2-12-10-15(7-6-14-12)9-11-4-3-5-13-8-11/h3-5,8,12,14H,2,6-7,9-10H2,1H3. The largest absolute Gasteiger partial charge is 0.311 e. The van der Waals surface area contributed by atoms with Crippen LogP contribution in [0.1, 0.15) is 18.9 Å². The van der Waals surface area contributed by atoms with Gasteiger partial charge in [-0.3, -0.25) is 9.88 Å². The summed E-state index contributed by atoms with van der Waals surface area (Å²) in [7, 11) is 0. The number of nitrogens with one attached hydrogen (secondary N) is 1. The number of pyridine rings is 1. The van der Waals surface area contributed by atoms with Crippen molar-refractivity contribution >= 4 is 0 Å². The molecule has 0 aromatic carbocycles. The molecule has 1 saturated heterocycles. The number of rotatable bonds is 3. The highest BCUT2D eigenvalue weighted by molar-refractivity contribution is 5.08. The zero-order valence-electron chi connectivity index (χ0n) is 9.32. The highest BCUT2D eigenvalue weighted by Gasteiger charge is 2.17. The van der Waals surface area contributed by atoms with E-state index in [4.69, 9.17) is 0 Å². The third-order valence-electron chi connectivity index (χ3n) is 2.96. The predicted molar refractivity (Wildman–Crippen MR) is 61.6 cm³/mol. The maximum absolute atomic E-state index is 4.15. The summed E-state index contributed by atoms with van der Waals surface area (Å²) >= 11 is 0. The van der Waals surface area contributed by atoms with E-state index in [1.165, 1.54) is 12.0 Å². The summed E-state index contributed by atoms with van der Waals surface area (Å²) < 4.78 is 0. The molecule has 0 bridgehead atoms. The Morgan fingerprint density at radius 3 is 3.27 bits per heavy atom. The summed E-state index contributed by atoms with van der Waals surface area (Å²) in [5.41, 5.74) is 1.31. The van der Waals surface area contributed by atoms with Crippen molar-refractivity contribution < 1.29 is 0 Å². The molecule has 0 amide bonds. The molecular formula is C12H19N3. The van der Waals surface area contributed by atoms with Gasteiger partial charge in [-0.15, -0.1) is 0 Å². The van der Waals surface area contributed by atoms with E-state index in [-0.39, 0.29) is 0 Å². The molecule has 0 spiro atoms. The van der Waals surface area contributed by atoms with Crippen molar-refractivity contribution in [1.82, 2.24) is 15.2 Å². The average molecular weight is 205 g/mol. The first-order chi connectivity index (χ1) is 7.38. The van der Waals surface area contributed by atoms with E-state index in [1.54, 1.807) is 0 Å². The van der Waals surface area contributed by atoms with Crippen LogP contribution < -0.4 is 5.32 Å². The number of hydrogen-bond acceptors (Lipinski definition) is 3. The van der Waals surface area contributed by atoms with Crippen LogP contribution in [0.25, 0.3) is 0 Å². The molecule has 0 aliphatic carbocycles. The summed E-state index contributed by atoms with van der Waals surface area (Å²) in [6.07, 6.45) is 5.00. The lowest BCUT2D eigenvalue weighted by Gasteiger charge is -2.33. The maximum atomic E-state index is 4.15. The van der Waals surface area contributed by atoms with Crippen molar-refractivity contribution in [1.29, 1.82) is 0 Å². The SMILES string of the molecule is CCC1CN(Cc2cccnc2)CCN1. The van der Waals surface area contributed by atoms with Crippen molar-refractivity contribution in [2.75, 3.05) is 19.6 Å². The third-order valence-corrected chi connectivity index (χ3v) is 2.96. The van der Waals surface area contributed by atoms with E-state index in [0.717, 1.165) is 26.2 Å². The monoisotopic (exact) mass is 205 g/mol. The molecule has 82 valence electrons. The molecule has 1 atom stereocenters. The molecule has 1 N–H and O–H groups in total. The molecule has 2 rings (SSSR count). The molecule has 1 unspecified atom stereocenters. The zero-order chi connectivity index (χ0) is 10.5. The lowest BCUT2D eigenvalue weighted by molar-refractivity contribution is 0.190. The van der Waals surface area contributed by atoms with E-state index in [2.05, 4.69) is 28.2 Å². The van der Waals surface area contributed by atoms with Crippen molar-refractivity contribution in [3.05, 3.63) is 30.1 Å². The van der Waals surface area contributed by atoms with Gasteiger partial charge < -0.3 is 5.32 Å². The molecule has 0 saturated carbocycles. The Bertz CT molecular complexity index is 286. The Hall–Kier alpha value is -0.930. The minimum atomic E-state index is 0.662. The minimum Gasteiger partial charge on any atom is -0.311 e. The Morgan fingerprint density at radius 1 is 1.60 bits per heavy atom. The lowest BCUT2D eigenvalue weighted by Crippen LogP contribution is -2.49. The molecule has 15 heavy (non-hydrogen) atoms. The Balaban J connectivity index is 1.89. The van der Waals surface area contributed by atoms with Gasteiger partial charge >= 0.3 is 0 Å². The van der Waals surface area contributed by atoms with E-state index < -0.39 is 0 Å². The minimum absolute atomic E-state index is 0.662. The van der Waals surface area contributed by atoms with Gasteiger partial charge in [0.05, 0.1) is 0 Å². The van der Waals surface area contributed by atoms with Crippen LogP contribution in [-0.4, -0.2) is 35.6 Å². The van der Waals surface area contributed by atoms with Crippen molar-refractivity contribution in [2.45, 2.75) is 25.9 Å². The van der Waals surface area contributed by atoms with Gasteiger partial charge in [-0.25, -0.2) is 0 Å². The fraction of sp³-hybridized carbons (Fsp3) is 0.583. The Morgan fingerprint density at radius 2 is 2.53 bits per heavy atom. The molecule has 1 aromatic heterocycles. The number of piperazine rings is 1. The second-order valence-electron chi connectivity index (χ2n) is 4.16. The molecule has 1 fully saturated rings. The van der Waals surface area contributed by atoms with Gasteiger partial charge in [0.25, 0.3) is 0 Å². The molecule has 3 heteroatoms. The molecular weight excluding hydrogens is 186 g/mol. The predicted octanol–water partition coefficient (Wildman–Crippen LogP) is 1.27. The van der Waals surface area contributed by atoms with E-state index in [1.807, 2.05) is 18.5 Å². The maximum Gasteiger partial charge on any atom is 0.0312 e. The van der Waals surface area contributed by atoms with Gasteiger partial charge in [-0.2, -0.15) is 0 Å². The molecule has 3 nitrogen and oxygen atoms in total. The highest BCUT2D eigenvalue weighted by atomic mass is 15.2. The Labute approximate surface area is 91.5 Å². The second kappa shape index (κ2) is 5.24. The normalized spacial score (nSPS) is 22.9. The van der Waals surface area contributed by atoms with Crippen LogP contribution in [0.15, 0.2) is 24.5 Å². The van der Waals surface area contributed by atoms with Crippen molar-refractivity contribution in [2.24, 2.45) is 0 Å². The Kier molecular flexibility index (Phi) is 3.69. The fourth-order valence-electron chi connectivity index (χ4n) is 2.06. The summed E-state index contributed by atoms with van der Waals surface area (Å²) in [5.74, 6) is 0. The van der Waals surface area contributed by atoms with Crippen LogP contribution in [0.4, 0.5) is 0 Å². The van der Waals surface area contributed by atoms with Gasteiger partial charge in [-0.05, 0) is 18.1 Å². The van der Waals surface area contributed by atoms with E-state index in [9.17, 15) is 0 Å². The first-order valence-corrected chi connectivity index (χ1v) is 5.73. The van der Waals surface area contributed by atoms with Gasteiger partial charge in [0.2, 0.25) is 0 Å². The van der Waals surface area contributed by atoms with Gasteiger partial charge in [0, 0.05) is 44.6 Å². The lowest BCUT2D eigenvalue weighted by atomic mass is 10.1.